The van der Waals surface area contributed by atoms with Crippen molar-refractivity contribution >= 4 is 5.97 Å². The zero-order chi connectivity index (χ0) is 17.4. The minimum atomic E-state index is -2.30. The Balaban J connectivity index is 2.03. The largest absolute Gasteiger partial charge is 0.504 e. The molecular weight excluding hydrogens is 316 g/mol. The minimum Gasteiger partial charge on any atom is -0.504 e. The molecule has 1 aromatic carbocycles. The summed E-state index contributed by atoms with van der Waals surface area (Å²) in [6, 6.07) is 1.70. The Kier molecular flexibility index (Phi) is 4.63. The first-order chi connectivity index (χ1) is 10.7. The van der Waals surface area contributed by atoms with Gasteiger partial charge in [-0.15, -0.1) is 0 Å². The average Bonchev–Trinajstić information content (AvgIpc) is 2.74. The minimum absolute atomic E-state index is 0.289. The number of aliphatic hydroxyl groups excluding tert-OH is 3. The third kappa shape index (κ3) is 3.02. The SMILES string of the molecule is O=C(OC[C@H]1O[C@@H](O)[C@@](O)(CO)[C@@H]1O)c1cc(O)c(O)c(O)c1. The lowest BCUT2D eigenvalue weighted by molar-refractivity contribution is -0.191. The first-order valence-electron chi connectivity index (χ1n) is 6.47. The Morgan fingerprint density at radius 3 is 2.26 bits per heavy atom. The topological polar surface area (TPSA) is 177 Å². The van der Waals surface area contributed by atoms with Gasteiger partial charge >= 0.3 is 5.97 Å². The predicted octanol–water partition coefficient (Wildman–Crippen LogP) is -2.24. The molecule has 0 spiro atoms. The van der Waals surface area contributed by atoms with Crippen LogP contribution in [0.2, 0.25) is 0 Å². The van der Waals surface area contributed by atoms with Gasteiger partial charge in [0.1, 0.15) is 18.8 Å². The van der Waals surface area contributed by atoms with E-state index in [-0.39, 0.29) is 5.56 Å². The normalized spacial score (nSPS) is 30.3. The highest BCUT2D eigenvalue weighted by Crippen LogP contribution is 2.35. The number of hydrogen-bond donors (Lipinski definition) is 7. The van der Waals surface area contributed by atoms with Gasteiger partial charge in [-0.2, -0.15) is 0 Å². The molecule has 0 bridgehead atoms. The molecule has 10 nitrogen and oxygen atoms in total. The van der Waals surface area contributed by atoms with Crippen molar-refractivity contribution in [2.24, 2.45) is 0 Å². The van der Waals surface area contributed by atoms with Crippen LogP contribution in [0.1, 0.15) is 10.4 Å². The van der Waals surface area contributed by atoms with Crippen molar-refractivity contribution in [2.75, 3.05) is 13.2 Å². The number of benzene rings is 1. The van der Waals surface area contributed by atoms with Crippen LogP contribution in [0.15, 0.2) is 12.1 Å². The van der Waals surface area contributed by atoms with Gasteiger partial charge in [0.05, 0.1) is 12.2 Å². The van der Waals surface area contributed by atoms with Gasteiger partial charge in [-0.1, -0.05) is 0 Å². The number of carbonyl (C=O) groups excluding carboxylic acids is 1. The van der Waals surface area contributed by atoms with Crippen LogP contribution in [0.5, 0.6) is 17.2 Å². The Hall–Kier alpha value is -2.11. The number of rotatable bonds is 4. The molecule has 0 aromatic heterocycles. The van der Waals surface area contributed by atoms with E-state index < -0.39 is 60.5 Å². The number of phenolic OH excluding ortho intramolecular Hbond substituents is 3. The summed E-state index contributed by atoms with van der Waals surface area (Å²) < 4.78 is 9.60. The monoisotopic (exact) mass is 332 g/mol. The molecule has 1 heterocycles. The maximum atomic E-state index is 11.8. The second kappa shape index (κ2) is 6.18. The van der Waals surface area contributed by atoms with Crippen molar-refractivity contribution in [3.05, 3.63) is 17.7 Å². The Bertz CT molecular complexity index is 579. The van der Waals surface area contributed by atoms with E-state index >= 15 is 0 Å². The van der Waals surface area contributed by atoms with Crippen molar-refractivity contribution in [3.63, 3.8) is 0 Å². The molecule has 10 heteroatoms. The predicted molar refractivity (Wildman–Crippen MR) is 70.6 cm³/mol. The van der Waals surface area contributed by atoms with Crippen molar-refractivity contribution in [3.8, 4) is 17.2 Å². The van der Waals surface area contributed by atoms with Gasteiger partial charge in [0.15, 0.2) is 29.1 Å². The van der Waals surface area contributed by atoms with Crippen molar-refractivity contribution < 1.29 is 50.0 Å². The second-order valence-electron chi connectivity index (χ2n) is 5.08. The maximum Gasteiger partial charge on any atom is 0.338 e. The fourth-order valence-corrected chi connectivity index (χ4v) is 2.09. The van der Waals surface area contributed by atoms with Crippen LogP contribution < -0.4 is 0 Å². The van der Waals surface area contributed by atoms with E-state index in [1.54, 1.807) is 0 Å². The van der Waals surface area contributed by atoms with Crippen LogP contribution in [-0.2, 0) is 9.47 Å². The van der Waals surface area contributed by atoms with Crippen LogP contribution in [0, 0.1) is 0 Å². The van der Waals surface area contributed by atoms with Crippen LogP contribution >= 0.6 is 0 Å². The fraction of sp³-hybridized carbons (Fsp3) is 0.462. The molecule has 2 rings (SSSR count). The molecule has 1 aromatic rings. The van der Waals surface area contributed by atoms with E-state index in [1.165, 1.54) is 0 Å². The van der Waals surface area contributed by atoms with Gasteiger partial charge < -0.3 is 45.2 Å². The molecule has 7 N–H and O–H groups in total. The number of carbonyl (C=O) groups is 1. The Labute approximate surface area is 129 Å². The number of aromatic hydroxyl groups is 3. The zero-order valence-corrected chi connectivity index (χ0v) is 11.7. The molecule has 0 unspecified atom stereocenters. The number of ether oxygens (including phenoxy) is 2. The lowest BCUT2D eigenvalue weighted by Gasteiger charge is -2.25. The van der Waals surface area contributed by atoms with Gasteiger partial charge in [-0.3, -0.25) is 0 Å². The summed E-state index contributed by atoms with van der Waals surface area (Å²) in [6.07, 6.45) is -4.88. The lowest BCUT2D eigenvalue weighted by atomic mass is 9.96. The Morgan fingerprint density at radius 1 is 1.22 bits per heavy atom. The number of hydrogen-bond acceptors (Lipinski definition) is 10. The summed E-state index contributed by atoms with van der Waals surface area (Å²) in [5.41, 5.74) is -2.59. The van der Waals surface area contributed by atoms with E-state index in [1.807, 2.05) is 0 Å². The van der Waals surface area contributed by atoms with E-state index in [0.29, 0.717) is 0 Å². The molecule has 23 heavy (non-hydrogen) atoms. The fourth-order valence-electron chi connectivity index (χ4n) is 2.09. The molecule has 0 aliphatic carbocycles. The third-order valence-corrected chi connectivity index (χ3v) is 3.53. The van der Waals surface area contributed by atoms with Gasteiger partial charge in [-0.05, 0) is 12.1 Å². The average molecular weight is 332 g/mol. The Morgan fingerprint density at radius 2 is 1.78 bits per heavy atom. The molecule has 1 saturated heterocycles. The van der Waals surface area contributed by atoms with Crippen molar-refractivity contribution in [1.29, 1.82) is 0 Å². The highest BCUT2D eigenvalue weighted by molar-refractivity contribution is 5.91. The number of phenols is 3. The summed E-state index contributed by atoms with van der Waals surface area (Å²) in [5, 5.41) is 65.8. The summed E-state index contributed by atoms with van der Waals surface area (Å²) in [5.74, 6) is -3.30. The first-order valence-corrected chi connectivity index (χ1v) is 6.47. The molecule has 0 amide bonds. The summed E-state index contributed by atoms with van der Waals surface area (Å²) >= 11 is 0. The van der Waals surface area contributed by atoms with Crippen LogP contribution in [-0.4, -0.2) is 79.0 Å². The molecule has 0 radical (unpaired) electrons. The molecule has 1 aliphatic rings. The molecular formula is C13H16O10. The summed E-state index contributed by atoms with van der Waals surface area (Å²) in [6.45, 7) is -1.55. The standard InChI is InChI=1S/C13H16O10/c14-4-13(21)10(18)8(23-12(13)20)3-22-11(19)5-1-6(15)9(17)7(16)2-5/h1-2,8,10,12,14-18,20-21H,3-4H2/t8-,10-,12-,13-/m1/s1. The molecule has 4 atom stereocenters. The first kappa shape index (κ1) is 17.2. The van der Waals surface area contributed by atoms with Gasteiger partial charge in [-0.25, -0.2) is 4.79 Å². The van der Waals surface area contributed by atoms with Crippen molar-refractivity contribution in [2.45, 2.75) is 24.1 Å². The molecule has 1 fully saturated rings. The number of esters is 1. The van der Waals surface area contributed by atoms with Crippen LogP contribution in [0.3, 0.4) is 0 Å². The molecule has 128 valence electrons. The summed E-state index contributed by atoms with van der Waals surface area (Å²) in [4.78, 5) is 11.8. The maximum absolute atomic E-state index is 11.8. The second-order valence-corrected chi connectivity index (χ2v) is 5.08. The molecule has 1 aliphatic heterocycles. The van der Waals surface area contributed by atoms with E-state index in [0.717, 1.165) is 12.1 Å². The highest BCUT2D eigenvalue weighted by atomic mass is 16.7. The smallest absolute Gasteiger partial charge is 0.338 e. The molecule has 0 saturated carbocycles. The lowest BCUT2D eigenvalue weighted by Crippen LogP contribution is -2.51. The van der Waals surface area contributed by atoms with Gasteiger partial charge in [0, 0.05) is 0 Å². The van der Waals surface area contributed by atoms with Gasteiger partial charge in [0.25, 0.3) is 0 Å². The summed E-state index contributed by atoms with van der Waals surface area (Å²) in [7, 11) is 0. The van der Waals surface area contributed by atoms with Gasteiger partial charge in [0.2, 0.25) is 0 Å². The zero-order valence-electron chi connectivity index (χ0n) is 11.7. The van der Waals surface area contributed by atoms with Crippen molar-refractivity contribution in [1.82, 2.24) is 0 Å². The third-order valence-electron chi connectivity index (χ3n) is 3.53. The van der Waals surface area contributed by atoms with E-state index in [2.05, 4.69) is 0 Å². The quantitative estimate of drug-likeness (QED) is 0.235. The van der Waals surface area contributed by atoms with E-state index in [4.69, 9.17) is 14.6 Å². The highest BCUT2D eigenvalue weighted by Gasteiger charge is 2.55. The number of aliphatic hydroxyl groups is 4. The van der Waals surface area contributed by atoms with Crippen LogP contribution in [0.25, 0.3) is 0 Å². The van der Waals surface area contributed by atoms with E-state index in [9.17, 15) is 35.4 Å². The van der Waals surface area contributed by atoms with Crippen LogP contribution in [0.4, 0.5) is 0 Å².